The normalized spacial score (nSPS) is 22.6. The van der Waals surface area contributed by atoms with Gasteiger partial charge in [-0.2, -0.15) is 5.26 Å². The van der Waals surface area contributed by atoms with Crippen LogP contribution in [-0.2, 0) is 14.3 Å². The van der Waals surface area contributed by atoms with Gasteiger partial charge in [0.25, 0.3) is 0 Å². The number of rotatable bonds is 6. The van der Waals surface area contributed by atoms with Crippen molar-refractivity contribution in [2.75, 3.05) is 26.7 Å². The van der Waals surface area contributed by atoms with Crippen molar-refractivity contribution in [2.24, 2.45) is 11.8 Å². The molecule has 2 unspecified atom stereocenters. The monoisotopic (exact) mass is 295 g/mol. The molecule has 21 heavy (non-hydrogen) atoms. The van der Waals surface area contributed by atoms with Crippen molar-refractivity contribution >= 4 is 11.9 Å². The van der Waals surface area contributed by atoms with Gasteiger partial charge in [0.15, 0.2) is 0 Å². The molecule has 1 amide bonds. The maximum absolute atomic E-state index is 11.8. The van der Waals surface area contributed by atoms with E-state index in [9.17, 15) is 9.59 Å². The molecule has 0 aromatic carbocycles. The fourth-order valence-corrected chi connectivity index (χ4v) is 2.64. The smallest absolute Gasteiger partial charge is 0.305 e. The highest BCUT2D eigenvalue weighted by atomic mass is 16.5. The Morgan fingerprint density at radius 1 is 1.43 bits per heavy atom. The second-order valence-corrected chi connectivity index (χ2v) is 5.93. The van der Waals surface area contributed by atoms with Gasteiger partial charge in [0.05, 0.1) is 19.7 Å². The van der Waals surface area contributed by atoms with E-state index in [-0.39, 0.29) is 23.8 Å². The standard InChI is InChI=1S/C15H25N3O3/c1-11(2)15(20)17-13-8-12(4-5-14(19)21-3)9-18(10-13)7-6-16/h11-13H,4-5,7-10H2,1-3H3,(H,17,20). The summed E-state index contributed by atoms with van der Waals surface area (Å²) in [6.07, 6.45) is 1.95. The average Bonchev–Trinajstić information content (AvgIpc) is 2.44. The lowest BCUT2D eigenvalue weighted by molar-refractivity contribution is -0.141. The molecule has 0 aliphatic carbocycles. The Morgan fingerprint density at radius 2 is 2.14 bits per heavy atom. The third-order valence-corrected chi connectivity index (χ3v) is 3.76. The van der Waals surface area contributed by atoms with Crippen LogP contribution in [0.1, 0.15) is 33.1 Å². The maximum Gasteiger partial charge on any atom is 0.305 e. The van der Waals surface area contributed by atoms with Crippen molar-refractivity contribution in [1.29, 1.82) is 5.26 Å². The summed E-state index contributed by atoms with van der Waals surface area (Å²) in [5, 5.41) is 11.9. The number of likely N-dealkylation sites (tertiary alicyclic amines) is 1. The van der Waals surface area contributed by atoms with E-state index in [0.29, 0.717) is 25.4 Å². The van der Waals surface area contributed by atoms with Crippen LogP contribution in [0.15, 0.2) is 0 Å². The molecular formula is C15H25N3O3. The molecule has 6 nitrogen and oxygen atoms in total. The molecule has 1 aliphatic heterocycles. The summed E-state index contributed by atoms with van der Waals surface area (Å²) in [6.45, 7) is 5.56. The lowest BCUT2D eigenvalue weighted by Crippen LogP contribution is -2.51. The lowest BCUT2D eigenvalue weighted by Gasteiger charge is -2.37. The Labute approximate surface area is 126 Å². The number of methoxy groups -OCH3 is 1. The van der Waals surface area contributed by atoms with Gasteiger partial charge in [-0.15, -0.1) is 0 Å². The highest BCUT2D eigenvalue weighted by Gasteiger charge is 2.28. The van der Waals surface area contributed by atoms with Crippen LogP contribution in [0.25, 0.3) is 0 Å². The maximum atomic E-state index is 11.8. The molecular weight excluding hydrogens is 270 g/mol. The average molecular weight is 295 g/mol. The van der Waals surface area contributed by atoms with Crippen molar-refractivity contribution in [2.45, 2.75) is 39.2 Å². The molecule has 6 heteroatoms. The number of hydrogen-bond donors (Lipinski definition) is 1. The van der Waals surface area contributed by atoms with Crippen LogP contribution < -0.4 is 5.32 Å². The van der Waals surface area contributed by atoms with E-state index in [1.807, 2.05) is 18.7 Å². The van der Waals surface area contributed by atoms with Crippen molar-refractivity contribution in [1.82, 2.24) is 10.2 Å². The zero-order chi connectivity index (χ0) is 15.8. The lowest BCUT2D eigenvalue weighted by atomic mass is 9.90. The Balaban J connectivity index is 2.57. The minimum absolute atomic E-state index is 0.0329. The molecule has 118 valence electrons. The van der Waals surface area contributed by atoms with Crippen LogP contribution in [0.3, 0.4) is 0 Å². The molecule has 1 aliphatic rings. The molecule has 1 saturated heterocycles. The number of esters is 1. The van der Waals surface area contributed by atoms with E-state index >= 15 is 0 Å². The molecule has 1 heterocycles. The Kier molecular flexibility index (Phi) is 7.17. The summed E-state index contributed by atoms with van der Waals surface area (Å²) in [4.78, 5) is 25.1. The summed E-state index contributed by atoms with van der Waals surface area (Å²) in [5.74, 6) is 0.0641. The fraction of sp³-hybridized carbons (Fsp3) is 0.800. The number of piperidine rings is 1. The summed E-state index contributed by atoms with van der Waals surface area (Å²) in [5.41, 5.74) is 0. The first-order valence-electron chi connectivity index (χ1n) is 7.42. The van der Waals surface area contributed by atoms with Crippen LogP contribution in [0, 0.1) is 23.2 Å². The number of hydrogen-bond acceptors (Lipinski definition) is 5. The Hall–Kier alpha value is -1.61. The highest BCUT2D eigenvalue weighted by molar-refractivity contribution is 5.78. The van der Waals surface area contributed by atoms with Crippen molar-refractivity contribution in [3.63, 3.8) is 0 Å². The highest BCUT2D eigenvalue weighted by Crippen LogP contribution is 2.21. The number of carbonyl (C=O) groups excluding carboxylic acids is 2. The zero-order valence-electron chi connectivity index (χ0n) is 13.1. The molecule has 0 aromatic rings. The number of ether oxygens (including phenoxy) is 1. The molecule has 0 radical (unpaired) electrons. The van der Waals surface area contributed by atoms with E-state index in [0.717, 1.165) is 19.4 Å². The fourth-order valence-electron chi connectivity index (χ4n) is 2.64. The molecule has 0 saturated carbocycles. The molecule has 0 aromatic heterocycles. The summed E-state index contributed by atoms with van der Waals surface area (Å²) in [6, 6.07) is 2.20. The Morgan fingerprint density at radius 3 is 2.71 bits per heavy atom. The molecule has 0 bridgehead atoms. The van der Waals surface area contributed by atoms with Crippen LogP contribution >= 0.6 is 0 Å². The van der Waals surface area contributed by atoms with E-state index in [1.165, 1.54) is 7.11 Å². The number of nitrogens with zero attached hydrogens (tertiary/aromatic N) is 2. The van der Waals surface area contributed by atoms with Crippen LogP contribution in [0.4, 0.5) is 0 Å². The molecule has 1 N–H and O–H groups in total. The van der Waals surface area contributed by atoms with Crippen LogP contribution in [-0.4, -0.2) is 49.6 Å². The van der Waals surface area contributed by atoms with E-state index in [2.05, 4.69) is 16.1 Å². The SMILES string of the molecule is COC(=O)CCC1CC(NC(=O)C(C)C)CN(CC#N)C1. The predicted molar refractivity (Wildman–Crippen MR) is 78.2 cm³/mol. The van der Waals surface area contributed by atoms with Crippen LogP contribution in [0.5, 0.6) is 0 Å². The number of nitriles is 1. The first-order chi connectivity index (χ1) is 9.96. The molecule has 2 atom stereocenters. The number of amides is 1. The second kappa shape index (κ2) is 8.63. The van der Waals surface area contributed by atoms with Gasteiger partial charge in [-0.05, 0) is 18.8 Å². The van der Waals surface area contributed by atoms with Crippen LogP contribution in [0.2, 0.25) is 0 Å². The predicted octanol–water partition coefficient (Wildman–Crippen LogP) is 0.926. The van der Waals surface area contributed by atoms with Gasteiger partial charge in [-0.1, -0.05) is 13.8 Å². The van der Waals surface area contributed by atoms with Gasteiger partial charge in [-0.3, -0.25) is 14.5 Å². The first-order valence-corrected chi connectivity index (χ1v) is 7.42. The van der Waals surface area contributed by atoms with E-state index in [1.54, 1.807) is 0 Å². The summed E-state index contributed by atoms with van der Waals surface area (Å²) in [7, 11) is 1.39. The van der Waals surface area contributed by atoms with Crippen molar-refractivity contribution < 1.29 is 14.3 Å². The third kappa shape index (κ3) is 6.13. The van der Waals surface area contributed by atoms with Gasteiger partial charge in [-0.25, -0.2) is 0 Å². The second-order valence-electron chi connectivity index (χ2n) is 5.93. The molecule has 0 spiro atoms. The topological polar surface area (TPSA) is 82.4 Å². The van der Waals surface area contributed by atoms with E-state index < -0.39 is 0 Å². The van der Waals surface area contributed by atoms with Crippen molar-refractivity contribution in [3.8, 4) is 6.07 Å². The largest absolute Gasteiger partial charge is 0.469 e. The third-order valence-electron chi connectivity index (χ3n) is 3.76. The molecule has 1 fully saturated rings. The molecule has 1 rings (SSSR count). The summed E-state index contributed by atoms with van der Waals surface area (Å²) < 4.78 is 4.66. The van der Waals surface area contributed by atoms with Crippen molar-refractivity contribution in [3.05, 3.63) is 0 Å². The zero-order valence-corrected chi connectivity index (χ0v) is 13.1. The van der Waals surface area contributed by atoms with E-state index in [4.69, 9.17) is 5.26 Å². The number of nitrogens with one attached hydrogen (secondary N) is 1. The summed E-state index contributed by atoms with van der Waals surface area (Å²) >= 11 is 0. The van der Waals surface area contributed by atoms with Gasteiger partial charge < -0.3 is 10.1 Å². The number of carbonyl (C=O) groups is 2. The van der Waals surface area contributed by atoms with Gasteiger partial charge in [0.1, 0.15) is 0 Å². The van der Waals surface area contributed by atoms with Gasteiger partial charge in [0.2, 0.25) is 5.91 Å². The van der Waals surface area contributed by atoms with Gasteiger partial charge >= 0.3 is 5.97 Å². The minimum Gasteiger partial charge on any atom is -0.469 e. The van der Waals surface area contributed by atoms with Gasteiger partial charge in [0, 0.05) is 31.5 Å². The minimum atomic E-state index is -0.213. The Bertz CT molecular complexity index is 403. The quantitative estimate of drug-likeness (QED) is 0.582. The first kappa shape index (κ1) is 17.4.